The fourth-order valence-corrected chi connectivity index (χ4v) is 4.42. The van der Waals surface area contributed by atoms with Crippen molar-refractivity contribution in [3.05, 3.63) is 77.0 Å². The summed E-state index contributed by atoms with van der Waals surface area (Å²) in [5, 5.41) is 3.57. The molecule has 1 unspecified atom stereocenters. The van der Waals surface area contributed by atoms with Crippen molar-refractivity contribution in [3.8, 4) is 11.5 Å². The van der Waals surface area contributed by atoms with Crippen molar-refractivity contribution < 1.29 is 14.3 Å². The second-order valence-electron chi connectivity index (χ2n) is 8.49. The Hall–Kier alpha value is -3.01. The van der Waals surface area contributed by atoms with Crippen molar-refractivity contribution in [3.63, 3.8) is 0 Å². The lowest BCUT2D eigenvalue weighted by atomic mass is 9.70. The number of ketones is 1. The van der Waals surface area contributed by atoms with Gasteiger partial charge in [0.1, 0.15) is 0 Å². The van der Waals surface area contributed by atoms with Crippen molar-refractivity contribution in [1.29, 1.82) is 0 Å². The van der Waals surface area contributed by atoms with Gasteiger partial charge in [0.25, 0.3) is 0 Å². The summed E-state index contributed by atoms with van der Waals surface area (Å²) in [5.41, 5.74) is 5.12. The molecule has 4 nitrogen and oxygen atoms in total. The Morgan fingerprint density at radius 1 is 1.00 bits per heavy atom. The Balaban J connectivity index is 1.64. The Kier molecular flexibility index (Phi) is 3.83. The molecule has 2 aromatic rings. The molecule has 2 heterocycles. The predicted molar refractivity (Wildman–Crippen MR) is 108 cm³/mol. The molecule has 1 atom stereocenters. The summed E-state index contributed by atoms with van der Waals surface area (Å²) in [6.45, 7) is 4.57. The number of hydrogen-bond acceptors (Lipinski definition) is 4. The maximum Gasteiger partial charge on any atom is 0.231 e. The molecule has 0 spiro atoms. The molecule has 0 saturated carbocycles. The number of nitrogens with one attached hydrogen (secondary N) is 1. The number of carbonyl (C=O) groups is 1. The lowest BCUT2D eigenvalue weighted by Gasteiger charge is -2.38. The molecule has 0 bridgehead atoms. The highest BCUT2D eigenvalue weighted by molar-refractivity contribution is 6.00. The molecule has 142 valence electrons. The number of fused-ring (bicyclic) bond motifs is 1. The summed E-state index contributed by atoms with van der Waals surface area (Å²) in [6, 6.07) is 16.3. The van der Waals surface area contributed by atoms with Gasteiger partial charge in [0.2, 0.25) is 6.79 Å². The van der Waals surface area contributed by atoms with Gasteiger partial charge in [-0.3, -0.25) is 4.79 Å². The van der Waals surface area contributed by atoms with Crippen LogP contribution in [0.15, 0.2) is 65.9 Å². The smallest absolute Gasteiger partial charge is 0.231 e. The van der Waals surface area contributed by atoms with E-state index in [2.05, 4.69) is 37.4 Å². The lowest BCUT2D eigenvalue weighted by Crippen LogP contribution is -2.35. The van der Waals surface area contributed by atoms with Gasteiger partial charge in [0.05, 0.1) is 0 Å². The third-order valence-electron chi connectivity index (χ3n) is 5.69. The third-order valence-corrected chi connectivity index (χ3v) is 5.69. The number of benzene rings is 2. The minimum Gasteiger partial charge on any atom is -0.454 e. The highest BCUT2D eigenvalue weighted by Crippen LogP contribution is 2.46. The quantitative estimate of drug-likeness (QED) is 0.822. The zero-order chi connectivity index (χ0) is 19.3. The molecule has 0 amide bonds. The van der Waals surface area contributed by atoms with Crippen LogP contribution in [0.2, 0.25) is 0 Å². The van der Waals surface area contributed by atoms with E-state index in [9.17, 15) is 4.79 Å². The second kappa shape index (κ2) is 6.26. The van der Waals surface area contributed by atoms with Crippen LogP contribution in [0, 0.1) is 5.41 Å². The Morgan fingerprint density at radius 3 is 2.61 bits per heavy atom. The van der Waals surface area contributed by atoms with Gasteiger partial charge < -0.3 is 14.8 Å². The van der Waals surface area contributed by atoms with Crippen molar-refractivity contribution in [1.82, 2.24) is 5.32 Å². The van der Waals surface area contributed by atoms with Crippen LogP contribution in [0.5, 0.6) is 11.5 Å². The molecular weight excluding hydrogens is 350 g/mol. The summed E-state index contributed by atoms with van der Waals surface area (Å²) in [7, 11) is 0. The van der Waals surface area contributed by atoms with Crippen LogP contribution in [0.3, 0.4) is 0 Å². The van der Waals surface area contributed by atoms with Gasteiger partial charge in [-0.1, -0.05) is 50.2 Å². The molecule has 5 rings (SSSR count). The van der Waals surface area contributed by atoms with E-state index in [1.165, 1.54) is 0 Å². The average Bonchev–Trinajstić information content (AvgIpc) is 3.14. The molecule has 0 fully saturated rings. The van der Waals surface area contributed by atoms with Gasteiger partial charge in [-0.15, -0.1) is 0 Å². The van der Waals surface area contributed by atoms with Gasteiger partial charge in [-0.05, 0) is 41.2 Å². The van der Waals surface area contributed by atoms with Crippen LogP contribution in [0.1, 0.15) is 43.7 Å². The number of allylic oxidation sites excluding steroid dienone is 3. The zero-order valence-corrected chi connectivity index (χ0v) is 16.1. The first-order chi connectivity index (χ1) is 13.5. The van der Waals surface area contributed by atoms with Crippen LogP contribution in [0.4, 0.5) is 0 Å². The van der Waals surface area contributed by atoms with E-state index in [0.29, 0.717) is 6.42 Å². The van der Waals surface area contributed by atoms with E-state index in [0.717, 1.165) is 46.0 Å². The monoisotopic (exact) mass is 373 g/mol. The Morgan fingerprint density at radius 2 is 1.79 bits per heavy atom. The molecule has 1 aliphatic carbocycles. The van der Waals surface area contributed by atoms with Crippen LogP contribution in [0.25, 0.3) is 5.70 Å². The van der Waals surface area contributed by atoms with E-state index >= 15 is 0 Å². The standard InChI is InChI=1S/C24H23NO3/c1-24(2)12-19-23(20(26)13-24)17(11-18(25-19)15-6-4-3-5-7-15)16-8-9-21-22(10-16)28-14-27-21/h3-11,17,25H,12-14H2,1-2H3. The largest absolute Gasteiger partial charge is 0.454 e. The first kappa shape index (κ1) is 17.1. The molecule has 0 aromatic heterocycles. The van der Waals surface area contributed by atoms with Gasteiger partial charge in [0, 0.05) is 29.3 Å². The fourth-order valence-electron chi connectivity index (χ4n) is 4.42. The predicted octanol–water partition coefficient (Wildman–Crippen LogP) is 4.79. The van der Waals surface area contributed by atoms with Crippen LogP contribution in [-0.4, -0.2) is 12.6 Å². The number of carbonyl (C=O) groups excluding carboxylic acids is 1. The lowest BCUT2D eigenvalue weighted by molar-refractivity contribution is -0.118. The first-order valence-corrected chi connectivity index (χ1v) is 9.70. The highest BCUT2D eigenvalue weighted by atomic mass is 16.7. The minimum absolute atomic E-state index is 0.0402. The summed E-state index contributed by atoms with van der Waals surface area (Å²) in [5.74, 6) is 1.64. The minimum atomic E-state index is -0.0930. The highest BCUT2D eigenvalue weighted by Gasteiger charge is 2.38. The molecule has 1 N–H and O–H groups in total. The molecule has 0 saturated heterocycles. The molecular formula is C24H23NO3. The van der Waals surface area contributed by atoms with E-state index in [1.54, 1.807) is 0 Å². The molecule has 2 aromatic carbocycles. The van der Waals surface area contributed by atoms with Crippen molar-refractivity contribution in [2.45, 2.75) is 32.6 Å². The maximum atomic E-state index is 13.1. The van der Waals surface area contributed by atoms with Crippen molar-refractivity contribution in [2.24, 2.45) is 5.41 Å². The zero-order valence-electron chi connectivity index (χ0n) is 16.1. The van der Waals surface area contributed by atoms with E-state index in [1.807, 2.05) is 36.4 Å². The van der Waals surface area contributed by atoms with Gasteiger partial charge in [0.15, 0.2) is 17.3 Å². The van der Waals surface area contributed by atoms with Crippen LogP contribution >= 0.6 is 0 Å². The number of dihydropyridines is 1. The van der Waals surface area contributed by atoms with E-state index in [-0.39, 0.29) is 23.9 Å². The van der Waals surface area contributed by atoms with E-state index in [4.69, 9.17) is 9.47 Å². The van der Waals surface area contributed by atoms with Crippen LogP contribution < -0.4 is 14.8 Å². The molecule has 0 radical (unpaired) electrons. The number of ether oxygens (including phenoxy) is 2. The first-order valence-electron chi connectivity index (χ1n) is 9.70. The van der Waals surface area contributed by atoms with Gasteiger partial charge >= 0.3 is 0 Å². The number of hydrogen-bond donors (Lipinski definition) is 1. The van der Waals surface area contributed by atoms with Gasteiger partial charge in [-0.2, -0.15) is 0 Å². The van der Waals surface area contributed by atoms with Crippen molar-refractivity contribution in [2.75, 3.05) is 6.79 Å². The fraction of sp³-hybridized carbons (Fsp3) is 0.292. The number of rotatable bonds is 2. The van der Waals surface area contributed by atoms with Crippen molar-refractivity contribution >= 4 is 11.5 Å². The maximum absolute atomic E-state index is 13.1. The Bertz CT molecular complexity index is 1020. The molecule has 28 heavy (non-hydrogen) atoms. The molecule has 4 heteroatoms. The summed E-state index contributed by atoms with van der Waals surface area (Å²) < 4.78 is 11.0. The Labute approximate surface area is 164 Å². The normalized spacial score (nSPS) is 22.4. The summed E-state index contributed by atoms with van der Waals surface area (Å²) >= 11 is 0. The van der Waals surface area contributed by atoms with Crippen LogP contribution in [-0.2, 0) is 4.79 Å². The third kappa shape index (κ3) is 2.89. The summed E-state index contributed by atoms with van der Waals surface area (Å²) in [6.07, 6.45) is 3.60. The topological polar surface area (TPSA) is 47.6 Å². The average molecular weight is 373 g/mol. The number of Topliss-reactive ketones (excluding diaryl/α,β-unsaturated/α-hetero) is 1. The SMILES string of the molecule is CC1(C)CC(=O)C2=C(C1)NC(c1ccccc1)=CC2c1ccc2c(c1)OCO2. The summed E-state index contributed by atoms with van der Waals surface area (Å²) in [4.78, 5) is 13.1. The second-order valence-corrected chi connectivity index (χ2v) is 8.49. The molecule has 3 aliphatic rings. The molecule has 2 aliphatic heterocycles. The van der Waals surface area contributed by atoms with Gasteiger partial charge in [-0.25, -0.2) is 0 Å². The van der Waals surface area contributed by atoms with E-state index < -0.39 is 0 Å².